The smallest absolute Gasteiger partial charge is 0.00155 e. The Labute approximate surface area is 107 Å². The first-order valence-corrected chi connectivity index (χ1v) is 7.18. The average molecular weight is 236 g/mol. The molecule has 0 aromatic carbocycles. The van der Waals surface area contributed by atoms with E-state index in [9.17, 15) is 0 Å². The van der Waals surface area contributed by atoms with E-state index < -0.39 is 0 Å². The maximum absolute atomic E-state index is 2.70. The summed E-state index contributed by atoms with van der Waals surface area (Å²) in [6.07, 6.45) is 7.93. The van der Waals surface area contributed by atoms with Gasteiger partial charge >= 0.3 is 0 Å². The summed E-state index contributed by atoms with van der Waals surface area (Å²) < 4.78 is 0. The Morgan fingerprint density at radius 1 is 1.35 bits per heavy atom. The number of likely N-dealkylation sites (tertiary alicyclic amines) is 1. The minimum absolute atomic E-state index is 0.952. The summed E-state index contributed by atoms with van der Waals surface area (Å²) >= 11 is 0. The number of piperidine rings is 1. The minimum atomic E-state index is 0.952. The highest BCUT2D eigenvalue weighted by atomic mass is 15.1. The van der Waals surface area contributed by atoms with E-state index in [2.05, 4.69) is 36.9 Å². The lowest BCUT2D eigenvalue weighted by atomic mass is 9.76. The van der Waals surface area contributed by atoms with E-state index in [0.717, 1.165) is 11.8 Å². The SMILES string of the molecule is CC1=CCC2CCN(CCCN(C)C)CC2C1. The van der Waals surface area contributed by atoms with Gasteiger partial charge in [0, 0.05) is 6.54 Å². The molecule has 2 rings (SSSR count). The molecule has 1 saturated heterocycles. The van der Waals surface area contributed by atoms with E-state index in [1.165, 1.54) is 51.9 Å². The second-order valence-corrected chi connectivity index (χ2v) is 6.26. The zero-order valence-electron chi connectivity index (χ0n) is 11.8. The molecule has 17 heavy (non-hydrogen) atoms. The Balaban J connectivity index is 1.75. The quantitative estimate of drug-likeness (QED) is 0.692. The molecule has 98 valence electrons. The Hall–Kier alpha value is -0.340. The molecular formula is C15H28N2. The molecule has 0 aromatic rings. The van der Waals surface area contributed by atoms with Gasteiger partial charge in [-0.05, 0) is 78.2 Å². The highest BCUT2D eigenvalue weighted by Crippen LogP contribution is 2.35. The van der Waals surface area contributed by atoms with Crippen LogP contribution in [0.1, 0.15) is 32.6 Å². The highest BCUT2D eigenvalue weighted by Gasteiger charge is 2.30. The maximum Gasteiger partial charge on any atom is 0.00155 e. The van der Waals surface area contributed by atoms with Crippen LogP contribution in [0.25, 0.3) is 0 Å². The fourth-order valence-corrected chi connectivity index (χ4v) is 3.36. The predicted molar refractivity (Wildman–Crippen MR) is 74.2 cm³/mol. The minimum Gasteiger partial charge on any atom is -0.309 e. The van der Waals surface area contributed by atoms with Crippen molar-refractivity contribution in [1.82, 2.24) is 9.80 Å². The van der Waals surface area contributed by atoms with E-state index in [1.807, 2.05) is 0 Å². The van der Waals surface area contributed by atoms with Gasteiger partial charge in [-0.3, -0.25) is 0 Å². The van der Waals surface area contributed by atoms with Crippen LogP contribution < -0.4 is 0 Å². The second-order valence-electron chi connectivity index (χ2n) is 6.26. The molecule has 0 bridgehead atoms. The van der Waals surface area contributed by atoms with Gasteiger partial charge < -0.3 is 9.80 Å². The molecule has 1 heterocycles. The van der Waals surface area contributed by atoms with Gasteiger partial charge in [-0.1, -0.05) is 11.6 Å². The molecule has 0 N–H and O–H groups in total. The van der Waals surface area contributed by atoms with Crippen LogP contribution in [0.2, 0.25) is 0 Å². The largest absolute Gasteiger partial charge is 0.309 e. The summed E-state index contributed by atoms with van der Waals surface area (Å²) in [5, 5.41) is 0. The topological polar surface area (TPSA) is 6.48 Å². The number of allylic oxidation sites excluding steroid dienone is 2. The predicted octanol–water partition coefficient (Wildman–Crippen LogP) is 2.62. The summed E-state index contributed by atoms with van der Waals surface area (Å²) in [4.78, 5) is 4.99. The molecule has 2 unspecified atom stereocenters. The third-order valence-electron chi connectivity index (χ3n) is 4.41. The normalized spacial score (nSPS) is 30.2. The Morgan fingerprint density at radius 3 is 2.94 bits per heavy atom. The third-order valence-corrected chi connectivity index (χ3v) is 4.41. The number of hydrogen-bond acceptors (Lipinski definition) is 2. The van der Waals surface area contributed by atoms with E-state index >= 15 is 0 Å². The zero-order chi connectivity index (χ0) is 12.3. The zero-order valence-corrected chi connectivity index (χ0v) is 11.8. The monoisotopic (exact) mass is 236 g/mol. The maximum atomic E-state index is 2.70. The van der Waals surface area contributed by atoms with Crippen molar-refractivity contribution >= 4 is 0 Å². The molecule has 1 aliphatic heterocycles. The number of rotatable bonds is 4. The van der Waals surface area contributed by atoms with E-state index in [1.54, 1.807) is 5.57 Å². The molecular weight excluding hydrogens is 208 g/mol. The Bertz CT molecular complexity index is 270. The van der Waals surface area contributed by atoms with E-state index in [4.69, 9.17) is 0 Å². The van der Waals surface area contributed by atoms with E-state index in [-0.39, 0.29) is 0 Å². The van der Waals surface area contributed by atoms with Crippen LogP contribution in [0.3, 0.4) is 0 Å². The van der Waals surface area contributed by atoms with Crippen LogP contribution >= 0.6 is 0 Å². The van der Waals surface area contributed by atoms with Crippen molar-refractivity contribution in [3.8, 4) is 0 Å². The Morgan fingerprint density at radius 2 is 2.18 bits per heavy atom. The van der Waals surface area contributed by atoms with Crippen molar-refractivity contribution in [2.75, 3.05) is 40.3 Å². The van der Waals surface area contributed by atoms with Crippen molar-refractivity contribution in [3.05, 3.63) is 11.6 Å². The van der Waals surface area contributed by atoms with Gasteiger partial charge in [-0.25, -0.2) is 0 Å². The fourth-order valence-electron chi connectivity index (χ4n) is 3.36. The molecule has 2 aliphatic rings. The first kappa shape index (κ1) is 13.1. The molecule has 2 atom stereocenters. The summed E-state index contributed by atoms with van der Waals surface area (Å²) in [5.41, 5.74) is 1.63. The molecule has 0 aromatic heterocycles. The van der Waals surface area contributed by atoms with Gasteiger partial charge in [0.25, 0.3) is 0 Å². The molecule has 0 spiro atoms. The molecule has 2 heteroatoms. The molecule has 0 radical (unpaired) electrons. The third kappa shape index (κ3) is 3.82. The van der Waals surface area contributed by atoms with Crippen LogP contribution in [0, 0.1) is 11.8 Å². The van der Waals surface area contributed by atoms with Gasteiger partial charge in [0.05, 0.1) is 0 Å². The van der Waals surface area contributed by atoms with Crippen LogP contribution in [0.4, 0.5) is 0 Å². The van der Waals surface area contributed by atoms with Crippen molar-refractivity contribution in [3.63, 3.8) is 0 Å². The first-order valence-electron chi connectivity index (χ1n) is 7.18. The average Bonchev–Trinajstić information content (AvgIpc) is 2.28. The molecule has 0 saturated carbocycles. The molecule has 0 amide bonds. The van der Waals surface area contributed by atoms with Crippen LogP contribution in [-0.4, -0.2) is 50.1 Å². The summed E-state index contributed by atoms with van der Waals surface area (Å²) in [7, 11) is 4.34. The lowest BCUT2D eigenvalue weighted by molar-refractivity contribution is 0.111. The summed E-state index contributed by atoms with van der Waals surface area (Å²) in [6.45, 7) is 7.51. The van der Waals surface area contributed by atoms with Gasteiger partial charge in [0.15, 0.2) is 0 Å². The van der Waals surface area contributed by atoms with Gasteiger partial charge in [0.2, 0.25) is 0 Å². The van der Waals surface area contributed by atoms with Crippen molar-refractivity contribution < 1.29 is 0 Å². The van der Waals surface area contributed by atoms with Crippen LogP contribution in [0.5, 0.6) is 0 Å². The molecule has 2 nitrogen and oxygen atoms in total. The lowest BCUT2D eigenvalue weighted by Crippen LogP contribution is -2.42. The van der Waals surface area contributed by atoms with Crippen molar-refractivity contribution in [2.24, 2.45) is 11.8 Å². The fraction of sp³-hybridized carbons (Fsp3) is 0.867. The Kier molecular flexibility index (Phi) is 4.63. The summed E-state index contributed by atoms with van der Waals surface area (Å²) in [6, 6.07) is 0. The highest BCUT2D eigenvalue weighted by molar-refractivity contribution is 5.07. The summed E-state index contributed by atoms with van der Waals surface area (Å²) in [5.74, 6) is 1.94. The number of nitrogens with zero attached hydrogens (tertiary/aromatic N) is 2. The number of hydrogen-bond donors (Lipinski definition) is 0. The first-order chi connectivity index (χ1) is 8.15. The van der Waals surface area contributed by atoms with E-state index in [0.29, 0.717) is 0 Å². The standard InChI is InChI=1S/C15H28N2/c1-13-5-6-14-7-10-17(12-15(14)11-13)9-4-8-16(2)3/h5,14-15H,4,6-12H2,1-3H3. The van der Waals surface area contributed by atoms with Gasteiger partial charge in [-0.15, -0.1) is 0 Å². The van der Waals surface area contributed by atoms with Gasteiger partial charge in [0.1, 0.15) is 0 Å². The molecule has 1 aliphatic carbocycles. The van der Waals surface area contributed by atoms with Crippen molar-refractivity contribution in [2.45, 2.75) is 32.6 Å². The van der Waals surface area contributed by atoms with Crippen LogP contribution in [0.15, 0.2) is 11.6 Å². The number of fused-ring (bicyclic) bond motifs is 1. The van der Waals surface area contributed by atoms with Gasteiger partial charge in [-0.2, -0.15) is 0 Å². The lowest BCUT2D eigenvalue weighted by Gasteiger charge is -2.40. The van der Waals surface area contributed by atoms with Crippen LogP contribution in [-0.2, 0) is 0 Å². The van der Waals surface area contributed by atoms with Crippen molar-refractivity contribution in [1.29, 1.82) is 0 Å². The second kappa shape index (κ2) is 6.01. The molecule has 1 fully saturated rings.